The number of ether oxygens (including phenoxy) is 1. The smallest absolute Gasteiger partial charge is 0.191 e. The van der Waals surface area contributed by atoms with E-state index in [2.05, 4.69) is 72.1 Å². The Labute approximate surface area is 204 Å². The zero-order valence-electron chi connectivity index (χ0n) is 19.3. The Balaban J connectivity index is 0.00000341. The third-order valence-corrected chi connectivity index (χ3v) is 5.54. The largest absolute Gasteiger partial charge is 0.377 e. The molecule has 0 radical (unpaired) electrons. The van der Waals surface area contributed by atoms with Crippen molar-refractivity contribution in [3.63, 3.8) is 0 Å². The number of nitrogens with one attached hydrogen (secondary N) is 2. The van der Waals surface area contributed by atoms with Gasteiger partial charge in [0.15, 0.2) is 5.96 Å². The normalized spacial score (nSPS) is 19.5. The van der Waals surface area contributed by atoms with Crippen LogP contribution in [-0.2, 0) is 17.8 Å². The second-order valence-corrected chi connectivity index (χ2v) is 9.19. The van der Waals surface area contributed by atoms with Crippen molar-refractivity contribution in [1.29, 1.82) is 0 Å². The average Bonchev–Trinajstić information content (AvgIpc) is 3.24. The molecule has 1 aromatic heterocycles. The van der Waals surface area contributed by atoms with E-state index in [1.807, 2.05) is 18.7 Å². The van der Waals surface area contributed by atoms with Gasteiger partial charge in [0.25, 0.3) is 0 Å². The second-order valence-electron chi connectivity index (χ2n) is 9.19. The number of nitrogens with zero attached hydrogens (tertiary/aromatic N) is 3. The summed E-state index contributed by atoms with van der Waals surface area (Å²) in [5.74, 6) is 1.38. The van der Waals surface area contributed by atoms with E-state index in [-0.39, 0.29) is 35.5 Å². The van der Waals surface area contributed by atoms with Crippen LogP contribution >= 0.6 is 24.0 Å². The summed E-state index contributed by atoms with van der Waals surface area (Å²) in [6.45, 7) is 13.0. The molecule has 2 unspecified atom stereocenters. The Morgan fingerprint density at radius 3 is 2.58 bits per heavy atom. The molecule has 6 nitrogen and oxygen atoms in total. The summed E-state index contributed by atoms with van der Waals surface area (Å²) < 4.78 is 8.19. The van der Waals surface area contributed by atoms with Gasteiger partial charge in [-0.25, -0.2) is 9.98 Å². The first-order valence-corrected chi connectivity index (χ1v) is 11.1. The molecule has 1 fully saturated rings. The molecule has 2 N–H and O–H groups in total. The van der Waals surface area contributed by atoms with E-state index < -0.39 is 0 Å². The van der Waals surface area contributed by atoms with Crippen LogP contribution in [-0.4, -0.2) is 41.3 Å². The Bertz CT molecular complexity index is 783. The minimum Gasteiger partial charge on any atom is -0.377 e. The van der Waals surface area contributed by atoms with Gasteiger partial charge in [0, 0.05) is 44.6 Å². The Hall–Kier alpha value is -1.61. The van der Waals surface area contributed by atoms with Gasteiger partial charge >= 0.3 is 0 Å². The van der Waals surface area contributed by atoms with Crippen molar-refractivity contribution in [2.45, 2.75) is 59.7 Å². The van der Waals surface area contributed by atoms with Gasteiger partial charge < -0.3 is 19.9 Å². The van der Waals surface area contributed by atoms with Crippen molar-refractivity contribution >= 4 is 29.9 Å². The van der Waals surface area contributed by atoms with Gasteiger partial charge in [-0.3, -0.25) is 0 Å². The lowest BCUT2D eigenvalue weighted by atomic mass is 9.78. The molecular formula is C24H38IN5O. The van der Waals surface area contributed by atoms with Crippen molar-refractivity contribution in [2.75, 3.05) is 19.7 Å². The van der Waals surface area contributed by atoms with E-state index in [1.54, 1.807) is 0 Å². The van der Waals surface area contributed by atoms with E-state index >= 15 is 0 Å². The van der Waals surface area contributed by atoms with Crippen molar-refractivity contribution < 1.29 is 4.74 Å². The number of imidazole rings is 1. The summed E-state index contributed by atoms with van der Waals surface area (Å²) in [5.41, 5.74) is 2.62. The molecule has 1 aromatic carbocycles. The quantitative estimate of drug-likeness (QED) is 0.310. The van der Waals surface area contributed by atoms with Crippen molar-refractivity contribution in [1.82, 2.24) is 20.2 Å². The lowest BCUT2D eigenvalue weighted by Gasteiger charge is -2.40. The minimum absolute atomic E-state index is 0. The molecule has 2 heterocycles. The molecule has 2 atom stereocenters. The van der Waals surface area contributed by atoms with Gasteiger partial charge in [0.2, 0.25) is 0 Å². The first kappa shape index (κ1) is 25.6. The van der Waals surface area contributed by atoms with Crippen LogP contribution in [0, 0.1) is 11.3 Å². The van der Waals surface area contributed by atoms with Crippen LogP contribution in [0.1, 0.15) is 51.7 Å². The fraction of sp³-hybridized carbons (Fsp3) is 0.583. The monoisotopic (exact) mass is 539 g/mol. The highest BCUT2D eigenvalue weighted by molar-refractivity contribution is 14.0. The maximum Gasteiger partial charge on any atom is 0.191 e. The van der Waals surface area contributed by atoms with Crippen LogP contribution in [0.3, 0.4) is 0 Å². The summed E-state index contributed by atoms with van der Waals surface area (Å²) in [5, 5.41) is 6.93. The molecule has 0 spiro atoms. The molecule has 1 aliphatic heterocycles. The number of aromatic nitrogens is 2. The first-order valence-electron chi connectivity index (χ1n) is 11.1. The number of rotatable bonds is 7. The van der Waals surface area contributed by atoms with E-state index in [0.29, 0.717) is 12.5 Å². The maximum absolute atomic E-state index is 6.12. The van der Waals surface area contributed by atoms with Crippen LogP contribution in [0.4, 0.5) is 0 Å². The predicted molar refractivity (Wildman–Crippen MR) is 138 cm³/mol. The summed E-state index contributed by atoms with van der Waals surface area (Å²) in [6.07, 6.45) is 8.25. The highest BCUT2D eigenvalue weighted by Gasteiger charge is 2.35. The highest BCUT2D eigenvalue weighted by Crippen LogP contribution is 2.33. The Kier molecular flexibility index (Phi) is 10.3. The van der Waals surface area contributed by atoms with Gasteiger partial charge in [-0.1, -0.05) is 45.0 Å². The SMILES string of the molecule is CCNC(=NCc1ccc(Cn2ccnc2)cc1)NCC1CCCOC1C(C)(C)C.I. The van der Waals surface area contributed by atoms with E-state index in [0.717, 1.165) is 38.6 Å². The third-order valence-electron chi connectivity index (χ3n) is 5.54. The molecule has 172 valence electrons. The number of guanidine groups is 1. The van der Waals surface area contributed by atoms with Crippen LogP contribution < -0.4 is 10.6 Å². The first-order chi connectivity index (χ1) is 14.5. The molecule has 31 heavy (non-hydrogen) atoms. The Morgan fingerprint density at radius 1 is 1.19 bits per heavy atom. The van der Waals surface area contributed by atoms with E-state index in [9.17, 15) is 0 Å². The lowest BCUT2D eigenvalue weighted by Crippen LogP contribution is -2.47. The topological polar surface area (TPSA) is 63.5 Å². The average molecular weight is 540 g/mol. The molecular weight excluding hydrogens is 501 g/mol. The molecule has 2 aromatic rings. The standard InChI is InChI=1S/C24H37N5O.HI/c1-5-26-23(28-16-21-7-6-14-30-22(21)24(2,3)4)27-15-19-8-10-20(11-9-19)17-29-13-12-25-18-29;/h8-13,18,21-22H,5-7,14-17H2,1-4H3,(H2,26,27,28);1H. The molecule has 0 bridgehead atoms. The summed E-state index contributed by atoms with van der Waals surface area (Å²) >= 11 is 0. The van der Waals surface area contributed by atoms with Gasteiger partial charge in [-0.05, 0) is 36.3 Å². The van der Waals surface area contributed by atoms with Gasteiger partial charge in [-0.2, -0.15) is 0 Å². The summed E-state index contributed by atoms with van der Waals surface area (Å²) in [6, 6.07) is 8.64. The molecule has 1 aliphatic rings. The zero-order valence-corrected chi connectivity index (χ0v) is 21.6. The van der Waals surface area contributed by atoms with E-state index in [4.69, 9.17) is 9.73 Å². The number of benzene rings is 1. The van der Waals surface area contributed by atoms with Crippen molar-refractivity contribution in [3.05, 3.63) is 54.1 Å². The van der Waals surface area contributed by atoms with Gasteiger partial charge in [-0.15, -0.1) is 24.0 Å². The number of hydrogen-bond donors (Lipinski definition) is 2. The van der Waals surface area contributed by atoms with Crippen LogP contribution in [0.25, 0.3) is 0 Å². The number of halogens is 1. The summed E-state index contributed by atoms with van der Waals surface area (Å²) in [4.78, 5) is 8.89. The fourth-order valence-electron chi connectivity index (χ4n) is 4.09. The van der Waals surface area contributed by atoms with Crippen LogP contribution in [0.5, 0.6) is 0 Å². The van der Waals surface area contributed by atoms with E-state index in [1.165, 1.54) is 17.5 Å². The van der Waals surface area contributed by atoms with Crippen LogP contribution in [0.2, 0.25) is 0 Å². The lowest BCUT2D eigenvalue weighted by molar-refractivity contribution is -0.0835. The third kappa shape index (κ3) is 8.11. The predicted octanol–water partition coefficient (Wildman–Crippen LogP) is 4.45. The fourth-order valence-corrected chi connectivity index (χ4v) is 4.09. The molecule has 7 heteroatoms. The van der Waals surface area contributed by atoms with Crippen molar-refractivity contribution in [3.8, 4) is 0 Å². The van der Waals surface area contributed by atoms with Crippen LogP contribution in [0.15, 0.2) is 48.0 Å². The second kappa shape index (κ2) is 12.4. The maximum atomic E-state index is 6.12. The highest BCUT2D eigenvalue weighted by atomic mass is 127. The minimum atomic E-state index is 0. The zero-order chi connectivity index (χ0) is 21.4. The molecule has 1 saturated heterocycles. The molecule has 3 rings (SSSR count). The Morgan fingerprint density at radius 2 is 1.94 bits per heavy atom. The van der Waals surface area contributed by atoms with Gasteiger partial charge in [0.1, 0.15) is 0 Å². The number of aliphatic imine (C=N–C) groups is 1. The molecule has 0 saturated carbocycles. The van der Waals surface area contributed by atoms with Gasteiger partial charge in [0.05, 0.1) is 19.0 Å². The molecule has 0 aliphatic carbocycles. The van der Waals surface area contributed by atoms with Crippen molar-refractivity contribution in [2.24, 2.45) is 16.3 Å². The number of hydrogen-bond acceptors (Lipinski definition) is 3. The summed E-state index contributed by atoms with van der Waals surface area (Å²) in [7, 11) is 0. The molecule has 0 amide bonds.